The first kappa shape index (κ1) is 12.8. The largest absolute Gasteiger partial charge is 0.412 e. The number of halogens is 1. The predicted octanol–water partition coefficient (Wildman–Crippen LogP) is 2.50. The number of hydrogen-bond donors (Lipinski definition) is 0. The highest BCUT2D eigenvalue weighted by atomic mass is 19.1. The molecule has 0 aliphatic carbocycles. The third kappa shape index (κ3) is 2.54. The number of amides is 1. The highest BCUT2D eigenvalue weighted by molar-refractivity contribution is 5.89. The second kappa shape index (κ2) is 5.40. The predicted molar refractivity (Wildman–Crippen MR) is 69.4 cm³/mol. The van der Waals surface area contributed by atoms with Crippen LogP contribution in [0.1, 0.15) is 29.9 Å². The van der Waals surface area contributed by atoms with Crippen molar-refractivity contribution < 1.29 is 13.6 Å². The lowest BCUT2D eigenvalue weighted by Gasteiger charge is -2.24. The number of carbonyl (C=O) groups excluding carboxylic acids is 1. The average molecular weight is 275 g/mol. The van der Waals surface area contributed by atoms with Crippen LogP contribution in [-0.4, -0.2) is 34.1 Å². The van der Waals surface area contributed by atoms with Crippen molar-refractivity contribution in [1.82, 2.24) is 15.1 Å². The fraction of sp³-hybridized carbons (Fsp3) is 0.357. The molecule has 1 saturated heterocycles. The van der Waals surface area contributed by atoms with E-state index in [4.69, 9.17) is 4.42 Å². The number of carbonyl (C=O) groups is 1. The van der Waals surface area contributed by atoms with E-state index in [0.29, 0.717) is 5.56 Å². The molecule has 0 atom stereocenters. The van der Waals surface area contributed by atoms with E-state index in [1.807, 2.05) is 0 Å². The Bertz CT molecular complexity index is 603. The zero-order chi connectivity index (χ0) is 13.9. The van der Waals surface area contributed by atoms with Gasteiger partial charge in [0, 0.05) is 18.7 Å². The molecule has 1 aromatic heterocycles. The molecule has 3 rings (SSSR count). The van der Waals surface area contributed by atoms with Gasteiger partial charge in [-0.3, -0.25) is 4.79 Å². The van der Waals surface area contributed by atoms with E-state index < -0.39 is 0 Å². The third-order valence-electron chi connectivity index (χ3n) is 3.34. The van der Waals surface area contributed by atoms with Crippen LogP contribution in [-0.2, 0) is 0 Å². The van der Waals surface area contributed by atoms with E-state index in [9.17, 15) is 9.18 Å². The number of benzene rings is 1. The molecule has 20 heavy (non-hydrogen) atoms. The van der Waals surface area contributed by atoms with Crippen molar-refractivity contribution in [3.63, 3.8) is 0 Å². The lowest BCUT2D eigenvalue weighted by molar-refractivity contribution is 0.0684. The molecule has 0 bridgehead atoms. The maximum atomic E-state index is 12.9. The van der Waals surface area contributed by atoms with Gasteiger partial charge in [-0.2, -0.15) is 0 Å². The molecule has 5 nitrogen and oxygen atoms in total. The SMILES string of the molecule is O=C(c1nnc(-c2ccc(F)cc2)o1)N1CCCCC1. The minimum atomic E-state index is -0.335. The molecule has 1 fully saturated rings. The van der Waals surface area contributed by atoms with Gasteiger partial charge < -0.3 is 9.32 Å². The molecule has 0 saturated carbocycles. The summed E-state index contributed by atoms with van der Waals surface area (Å²) in [5.41, 5.74) is 0.594. The number of hydrogen-bond acceptors (Lipinski definition) is 4. The monoisotopic (exact) mass is 275 g/mol. The van der Waals surface area contributed by atoms with Gasteiger partial charge in [0.1, 0.15) is 5.82 Å². The van der Waals surface area contributed by atoms with Crippen LogP contribution >= 0.6 is 0 Å². The molecule has 0 N–H and O–H groups in total. The molecular weight excluding hydrogens is 261 g/mol. The molecule has 2 aromatic rings. The number of piperidine rings is 1. The maximum absolute atomic E-state index is 12.9. The Morgan fingerprint density at radius 3 is 2.50 bits per heavy atom. The smallest absolute Gasteiger partial charge is 0.311 e. The molecule has 0 unspecified atom stereocenters. The van der Waals surface area contributed by atoms with Crippen LogP contribution in [0.15, 0.2) is 28.7 Å². The lowest BCUT2D eigenvalue weighted by atomic mass is 10.1. The number of nitrogens with zero attached hydrogens (tertiary/aromatic N) is 3. The van der Waals surface area contributed by atoms with Gasteiger partial charge in [-0.25, -0.2) is 4.39 Å². The molecule has 0 spiro atoms. The summed E-state index contributed by atoms with van der Waals surface area (Å²) in [5.74, 6) is -0.347. The second-order valence-electron chi connectivity index (χ2n) is 4.77. The van der Waals surface area contributed by atoms with Gasteiger partial charge in [-0.05, 0) is 43.5 Å². The standard InChI is InChI=1S/C14H14FN3O2/c15-11-6-4-10(5-7-11)12-16-17-13(20-12)14(19)18-8-2-1-3-9-18/h4-7H,1-3,8-9H2. The summed E-state index contributed by atoms with van der Waals surface area (Å²) < 4.78 is 18.2. The first-order valence-electron chi connectivity index (χ1n) is 6.63. The van der Waals surface area contributed by atoms with Gasteiger partial charge in [-0.1, -0.05) is 0 Å². The summed E-state index contributed by atoms with van der Waals surface area (Å²) >= 11 is 0. The zero-order valence-corrected chi connectivity index (χ0v) is 10.9. The fourth-order valence-corrected chi connectivity index (χ4v) is 2.25. The minimum absolute atomic E-state index is 0.00812. The Morgan fingerprint density at radius 1 is 1.10 bits per heavy atom. The summed E-state index contributed by atoms with van der Waals surface area (Å²) in [6.45, 7) is 1.46. The summed E-state index contributed by atoms with van der Waals surface area (Å²) in [7, 11) is 0. The van der Waals surface area contributed by atoms with Crippen LogP contribution in [0, 0.1) is 5.82 Å². The van der Waals surface area contributed by atoms with Gasteiger partial charge >= 0.3 is 11.8 Å². The Balaban J connectivity index is 1.79. The average Bonchev–Trinajstić information content (AvgIpc) is 2.98. The highest BCUT2D eigenvalue weighted by Gasteiger charge is 2.23. The topological polar surface area (TPSA) is 59.2 Å². The van der Waals surface area contributed by atoms with Gasteiger partial charge in [0.05, 0.1) is 0 Å². The normalized spacial score (nSPS) is 15.3. The molecule has 1 aromatic carbocycles. The van der Waals surface area contributed by atoms with Crippen molar-refractivity contribution in [2.75, 3.05) is 13.1 Å². The van der Waals surface area contributed by atoms with Gasteiger partial charge in [0.25, 0.3) is 0 Å². The summed E-state index contributed by atoms with van der Waals surface area (Å²) in [6, 6.07) is 5.70. The third-order valence-corrected chi connectivity index (χ3v) is 3.34. The van der Waals surface area contributed by atoms with Crippen LogP contribution < -0.4 is 0 Å². The van der Waals surface area contributed by atoms with Crippen molar-refractivity contribution in [2.24, 2.45) is 0 Å². The Morgan fingerprint density at radius 2 is 1.80 bits per heavy atom. The number of aromatic nitrogens is 2. The Hall–Kier alpha value is -2.24. The van der Waals surface area contributed by atoms with Crippen LogP contribution in [0.4, 0.5) is 4.39 Å². The summed E-state index contributed by atoms with van der Waals surface area (Å²) in [6.07, 6.45) is 3.16. The molecule has 104 valence electrons. The van der Waals surface area contributed by atoms with Gasteiger partial charge in [-0.15, -0.1) is 10.2 Å². The molecule has 1 amide bonds. The highest BCUT2D eigenvalue weighted by Crippen LogP contribution is 2.19. The first-order chi connectivity index (χ1) is 9.74. The fourth-order valence-electron chi connectivity index (χ4n) is 2.25. The van der Waals surface area contributed by atoms with Crippen molar-refractivity contribution >= 4 is 5.91 Å². The number of likely N-dealkylation sites (tertiary alicyclic amines) is 1. The minimum Gasteiger partial charge on any atom is -0.412 e. The van der Waals surface area contributed by atoms with Crippen LogP contribution in [0.2, 0.25) is 0 Å². The Labute approximate surface area is 115 Å². The van der Waals surface area contributed by atoms with Crippen LogP contribution in [0.5, 0.6) is 0 Å². The van der Waals surface area contributed by atoms with E-state index in [1.165, 1.54) is 24.3 Å². The van der Waals surface area contributed by atoms with E-state index >= 15 is 0 Å². The number of rotatable bonds is 2. The van der Waals surface area contributed by atoms with E-state index in [2.05, 4.69) is 10.2 Å². The van der Waals surface area contributed by atoms with E-state index in [1.54, 1.807) is 4.90 Å². The van der Waals surface area contributed by atoms with Crippen molar-refractivity contribution in [2.45, 2.75) is 19.3 Å². The quantitative estimate of drug-likeness (QED) is 0.845. The zero-order valence-electron chi connectivity index (χ0n) is 10.9. The van der Waals surface area contributed by atoms with Crippen molar-refractivity contribution in [3.05, 3.63) is 36.0 Å². The van der Waals surface area contributed by atoms with Crippen molar-refractivity contribution in [1.29, 1.82) is 0 Å². The first-order valence-corrected chi connectivity index (χ1v) is 6.63. The molecule has 0 radical (unpaired) electrons. The molecular formula is C14H14FN3O2. The summed E-state index contributed by atoms with van der Waals surface area (Å²) in [5, 5.41) is 7.63. The Kier molecular flexibility index (Phi) is 3.45. The van der Waals surface area contributed by atoms with Crippen LogP contribution in [0.25, 0.3) is 11.5 Å². The van der Waals surface area contributed by atoms with Gasteiger partial charge in [0.15, 0.2) is 0 Å². The van der Waals surface area contributed by atoms with Crippen LogP contribution in [0.3, 0.4) is 0 Å². The maximum Gasteiger partial charge on any atom is 0.311 e. The summed E-state index contributed by atoms with van der Waals surface area (Å²) in [4.78, 5) is 13.9. The molecule has 1 aliphatic rings. The molecule has 2 heterocycles. The molecule has 1 aliphatic heterocycles. The second-order valence-corrected chi connectivity index (χ2v) is 4.77. The van der Waals surface area contributed by atoms with E-state index in [0.717, 1.165) is 32.4 Å². The lowest BCUT2D eigenvalue weighted by Crippen LogP contribution is -2.35. The van der Waals surface area contributed by atoms with Gasteiger partial charge in [0.2, 0.25) is 5.89 Å². The molecule has 6 heteroatoms. The van der Waals surface area contributed by atoms with E-state index in [-0.39, 0.29) is 23.5 Å². The van der Waals surface area contributed by atoms with Crippen molar-refractivity contribution in [3.8, 4) is 11.5 Å².